The molecule has 42 heavy (non-hydrogen) atoms. The van der Waals surface area contributed by atoms with Crippen LogP contribution in [-0.2, 0) is 13.0 Å². The van der Waals surface area contributed by atoms with E-state index in [0.717, 1.165) is 34.6 Å². The summed E-state index contributed by atoms with van der Waals surface area (Å²) in [6, 6.07) is 29.5. The molecule has 0 aliphatic heterocycles. The van der Waals surface area contributed by atoms with Gasteiger partial charge in [0.1, 0.15) is 0 Å². The van der Waals surface area contributed by atoms with Crippen molar-refractivity contribution in [1.29, 1.82) is 0 Å². The Morgan fingerprint density at radius 1 is 0.690 bits per heavy atom. The molecule has 0 unspecified atom stereocenters. The van der Waals surface area contributed by atoms with Crippen LogP contribution in [0.1, 0.15) is 52.6 Å². The molecule has 0 spiro atoms. The van der Waals surface area contributed by atoms with Gasteiger partial charge in [-0.15, -0.1) is 0 Å². The third-order valence-electron chi connectivity index (χ3n) is 5.72. The van der Waals surface area contributed by atoms with Crippen LogP contribution in [0.5, 0.6) is 0 Å². The lowest BCUT2D eigenvalue weighted by atomic mass is 10.1. The van der Waals surface area contributed by atoms with E-state index in [-0.39, 0.29) is 19.0 Å². The topological polar surface area (TPSA) is 37.4 Å². The average molecular weight is 712 g/mol. The van der Waals surface area contributed by atoms with E-state index in [1.54, 1.807) is 18.2 Å². The lowest BCUT2D eigenvalue weighted by Crippen LogP contribution is -2.25. The molecular weight excluding hydrogens is 676 g/mol. The Bertz CT molecular complexity index is 1390. The van der Waals surface area contributed by atoms with Gasteiger partial charge in [-0.25, -0.2) is 0 Å². The molecule has 0 heterocycles. The highest BCUT2D eigenvalue weighted by molar-refractivity contribution is 9.09. The number of hydrogen-bond donors (Lipinski definition) is 0. The summed E-state index contributed by atoms with van der Waals surface area (Å²) < 4.78 is 0. The highest BCUT2D eigenvalue weighted by Crippen LogP contribution is 2.23. The van der Waals surface area contributed by atoms with E-state index >= 15 is 0 Å². The predicted octanol–water partition coefficient (Wildman–Crippen LogP) is 11.2. The van der Waals surface area contributed by atoms with Crippen molar-refractivity contribution in [3.63, 3.8) is 0 Å². The minimum Gasteiger partial charge on any atom is -0.295 e. The fraction of sp³-hybridized carbons (Fsp3) is 0.235. The van der Waals surface area contributed by atoms with Gasteiger partial charge in [-0.1, -0.05) is 156 Å². The minimum atomic E-state index is 0. The third-order valence-corrected chi connectivity index (χ3v) is 7.40. The molecule has 3 nitrogen and oxygen atoms in total. The molecule has 0 N–H and O–H groups in total. The molecule has 0 aliphatic rings. The smallest absolute Gasteiger partial charge is 0.176 e. The summed E-state index contributed by atoms with van der Waals surface area (Å²) in [7, 11) is 1.89. The molecule has 4 rings (SSSR count). The number of nitrogens with zero attached hydrogens (tertiary/aromatic N) is 1. The van der Waals surface area contributed by atoms with E-state index < -0.39 is 0 Å². The standard InChI is InChI=1S/C16H15Cl2NO.C9H10Cl2.C8H7BrO.CH4/c1-19(10-13-7-8-14(17)9-15(13)18)11-16(20)12-5-3-2-4-6-12;1-2-3-7-4-5-8(10)6-9(7)11;9-6-8(10)7-4-2-1-3-5-7;/h2-9H,10-11H2,1H3;4-6H,2-3H2,1H3;1-5H,6H2;1H4. The average Bonchev–Trinajstić information content (AvgIpc) is 2.97. The highest BCUT2D eigenvalue weighted by Gasteiger charge is 2.11. The zero-order valence-corrected chi connectivity index (χ0v) is 27.5. The van der Waals surface area contributed by atoms with Gasteiger partial charge in [-0.3, -0.25) is 14.5 Å². The van der Waals surface area contributed by atoms with Crippen LogP contribution in [0.25, 0.3) is 0 Å². The van der Waals surface area contributed by atoms with Gasteiger partial charge in [-0.05, 0) is 48.9 Å². The molecule has 0 amide bonds. The van der Waals surface area contributed by atoms with E-state index in [9.17, 15) is 9.59 Å². The Morgan fingerprint density at radius 2 is 1.14 bits per heavy atom. The first kappa shape index (κ1) is 37.8. The van der Waals surface area contributed by atoms with Crippen LogP contribution in [0.15, 0.2) is 97.1 Å². The lowest BCUT2D eigenvalue weighted by Gasteiger charge is -2.16. The first-order valence-electron chi connectivity index (χ1n) is 12.9. The number of benzene rings is 4. The fourth-order valence-electron chi connectivity index (χ4n) is 3.65. The van der Waals surface area contributed by atoms with Gasteiger partial charge in [0, 0.05) is 37.8 Å². The largest absolute Gasteiger partial charge is 0.295 e. The molecular formula is C34H36BrCl4NO2. The van der Waals surface area contributed by atoms with Crippen molar-refractivity contribution in [1.82, 2.24) is 4.90 Å². The molecule has 0 bridgehead atoms. The van der Waals surface area contributed by atoms with Crippen molar-refractivity contribution < 1.29 is 9.59 Å². The Balaban J connectivity index is 0.000000341. The maximum atomic E-state index is 12.1. The maximum absolute atomic E-state index is 12.1. The summed E-state index contributed by atoms with van der Waals surface area (Å²) in [5.41, 5.74) is 3.62. The number of ketones is 2. The second-order valence-electron chi connectivity index (χ2n) is 9.11. The second-order valence-corrected chi connectivity index (χ2v) is 11.4. The van der Waals surface area contributed by atoms with E-state index in [4.69, 9.17) is 46.4 Å². The molecule has 0 aliphatic carbocycles. The van der Waals surface area contributed by atoms with Gasteiger partial charge in [0.2, 0.25) is 0 Å². The van der Waals surface area contributed by atoms with Gasteiger partial charge in [0.25, 0.3) is 0 Å². The lowest BCUT2D eigenvalue weighted by molar-refractivity contribution is 0.0942. The maximum Gasteiger partial charge on any atom is 0.176 e. The molecule has 0 saturated carbocycles. The first-order valence-corrected chi connectivity index (χ1v) is 15.6. The van der Waals surface area contributed by atoms with Crippen molar-refractivity contribution in [2.45, 2.75) is 33.7 Å². The van der Waals surface area contributed by atoms with Crippen LogP contribution in [0.2, 0.25) is 20.1 Å². The molecule has 0 aromatic heterocycles. The van der Waals surface area contributed by atoms with Gasteiger partial charge in [0.15, 0.2) is 11.6 Å². The molecule has 0 radical (unpaired) electrons. The quantitative estimate of drug-likeness (QED) is 0.128. The van der Waals surface area contributed by atoms with Crippen LogP contribution in [-0.4, -0.2) is 35.4 Å². The van der Waals surface area contributed by atoms with Gasteiger partial charge in [-0.2, -0.15) is 0 Å². The summed E-state index contributed by atoms with van der Waals surface area (Å²) in [5, 5.41) is 3.12. The predicted molar refractivity (Wildman–Crippen MR) is 185 cm³/mol. The van der Waals surface area contributed by atoms with Crippen molar-refractivity contribution in [3.05, 3.63) is 139 Å². The number of likely N-dealkylation sites (N-methyl/N-ethyl adjacent to an activating group) is 1. The monoisotopic (exact) mass is 709 g/mol. The van der Waals surface area contributed by atoms with Crippen molar-refractivity contribution in [2.24, 2.45) is 0 Å². The normalized spacial score (nSPS) is 10.0. The van der Waals surface area contributed by atoms with Crippen LogP contribution >= 0.6 is 62.3 Å². The number of halogens is 5. The number of Topliss-reactive ketones (excluding diaryl/α,β-unsaturated/α-hetero) is 2. The van der Waals surface area contributed by atoms with E-state index in [1.165, 1.54) is 5.56 Å². The summed E-state index contributed by atoms with van der Waals surface area (Å²) in [5.74, 6) is 0.221. The van der Waals surface area contributed by atoms with Crippen LogP contribution < -0.4 is 0 Å². The highest BCUT2D eigenvalue weighted by atomic mass is 79.9. The number of carbonyl (C=O) groups excluding carboxylic acids is 2. The van der Waals surface area contributed by atoms with E-state index in [0.29, 0.717) is 33.5 Å². The summed E-state index contributed by atoms with van der Waals surface area (Å²) in [4.78, 5) is 25.0. The van der Waals surface area contributed by atoms with Crippen molar-refractivity contribution in [3.8, 4) is 0 Å². The number of hydrogen-bond acceptors (Lipinski definition) is 3. The first-order chi connectivity index (χ1) is 19.6. The number of rotatable bonds is 9. The molecule has 4 aromatic rings. The zero-order chi connectivity index (χ0) is 30.2. The Hall–Kier alpha value is -2.18. The molecule has 0 saturated heterocycles. The van der Waals surface area contributed by atoms with Crippen LogP contribution in [0, 0.1) is 0 Å². The van der Waals surface area contributed by atoms with Gasteiger partial charge >= 0.3 is 0 Å². The zero-order valence-electron chi connectivity index (χ0n) is 22.9. The molecule has 4 aromatic carbocycles. The Kier molecular flexibility index (Phi) is 18.6. The molecule has 0 atom stereocenters. The second kappa shape index (κ2) is 20.7. The van der Waals surface area contributed by atoms with E-state index in [1.807, 2.05) is 90.8 Å². The molecule has 8 heteroatoms. The third kappa shape index (κ3) is 13.9. The SMILES string of the molecule is C.CCCc1ccc(Cl)cc1Cl.CN(CC(=O)c1ccccc1)Cc1ccc(Cl)cc1Cl.O=C(CBr)c1ccccc1. The van der Waals surface area contributed by atoms with Crippen molar-refractivity contribution in [2.75, 3.05) is 18.9 Å². The van der Waals surface area contributed by atoms with Crippen LogP contribution in [0.3, 0.4) is 0 Å². The van der Waals surface area contributed by atoms with Gasteiger partial charge in [0.05, 0.1) is 11.9 Å². The number of alkyl halides is 1. The fourth-order valence-corrected chi connectivity index (χ4v) is 4.95. The molecule has 0 fully saturated rings. The van der Waals surface area contributed by atoms with Crippen LogP contribution in [0.4, 0.5) is 0 Å². The van der Waals surface area contributed by atoms with Crippen molar-refractivity contribution >= 4 is 73.9 Å². The minimum absolute atomic E-state index is 0. The summed E-state index contributed by atoms with van der Waals surface area (Å²) in [6.45, 7) is 3.09. The number of aryl methyl sites for hydroxylation is 1. The number of carbonyl (C=O) groups is 2. The Morgan fingerprint density at radius 3 is 1.57 bits per heavy atom. The van der Waals surface area contributed by atoms with Gasteiger partial charge < -0.3 is 0 Å². The molecule has 224 valence electrons. The van der Waals surface area contributed by atoms with E-state index in [2.05, 4.69) is 22.9 Å². The summed E-state index contributed by atoms with van der Waals surface area (Å²) in [6.07, 6.45) is 2.14. The Labute approximate surface area is 278 Å². The summed E-state index contributed by atoms with van der Waals surface area (Å²) >= 11 is 26.8.